The van der Waals surface area contributed by atoms with E-state index in [1.54, 1.807) is 27.7 Å². The summed E-state index contributed by atoms with van der Waals surface area (Å²) in [4.78, 5) is 14.8. The molecule has 0 aliphatic rings. The molecule has 0 aromatic carbocycles. The molecule has 118 valence electrons. The number of hydrogen-bond acceptors (Lipinski definition) is 4. The Morgan fingerprint density at radius 2 is 1.95 bits per heavy atom. The van der Waals surface area contributed by atoms with Gasteiger partial charge in [-0.3, -0.25) is 0 Å². The number of rotatable bonds is 6. The summed E-state index contributed by atoms with van der Waals surface area (Å²) in [6.07, 6.45) is 0. The topological polar surface area (TPSA) is 79.5 Å². The minimum Gasteiger partial charge on any atom is -0.461 e. The highest BCUT2D eigenvalue weighted by molar-refractivity contribution is 7.89. The van der Waals surface area contributed by atoms with Crippen LogP contribution in [0.2, 0.25) is 0 Å². The van der Waals surface area contributed by atoms with Crippen LogP contribution in [-0.4, -0.2) is 43.9 Å². The van der Waals surface area contributed by atoms with Gasteiger partial charge in [0.15, 0.2) is 0 Å². The van der Waals surface area contributed by atoms with Crippen molar-refractivity contribution in [2.24, 2.45) is 0 Å². The van der Waals surface area contributed by atoms with Gasteiger partial charge in [0, 0.05) is 24.8 Å². The molecule has 21 heavy (non-hydrogen) atoms. The highest BCUT2D eigenvalue weighted by Gasteiger charge is 2.30. The molecule has 0 saturated heterocycles. The standard InChI is InChI=1S/C14H22N2O4S/c1-7-20-14(17)12-10(4)13(11(5)15-12)21(18,19)16(6)8-9(2)3/h15H,2,7-8H2,1,3-6H3. The van der Waals surface area contributed by atoms with Crippen LogP contribution in [0.15, 0.2) is 17.0 Å². The minimum absolute atomic E-state index is 0.120. The van der Waals surface area contributed by atoms with E-state index in [4.69, 9.17) is 4.74 Å². The van der Waals surface area contributed by atoms with Gasteiger partial charge in [-0.25, -0.2) is 13.2 Å². The number of carbonyl (C=O) groups excluding carboxylic acids is 1. The number of aromatic nitrogens is 1. The molecule has 0 bridgehead atoms. The number of aryl methyl sites for hydroxylation is 1. The van der Waals surface area contributed by atoms with Gasteiger partial charge in [0.1, 0.15) is 10.6 Å². The first-order valence-electron chi connectivity index (χ1n) is 6.59. The molecule has 7 heteroatoms. The summed E-state index contributed by atoms with van der Waals surface area (Å²) in [6, 6.07) is 0. The summed E-state index contributed by atoms with van der Waals surface area (Å²) in [5.41, 5.74) is 1.71. The fourth-order valence-electron chi connectivity index (χ4n) is 2.15. The van der Waals surface area contributed by atoms with Crippen molar-refractivity contribution in [2.75, 3.05) is 20.2 Å². The predicted molar refractivity (Wildman–Crippen MR) is 80.9 cm³/mol. The Balaban J connectivity index is 3.31. The van der Waals surface area contributed by atoms with E-state index in [1.165, 1.54) is 11.4 Å². The van der Waals surface area contributed by atoms with E-state index >= 15 is 0 Å². The zero-order chi connectivity index (χ0) is 16.4. The average Bonchev–Trinajstić information content (AvgIpc) is 2.64. The fraction of sp³-hybridized carbons (Fsp3) is 0.500. The Morgan fingerprint density at radius 1 is 1.38 bits per heavy atom. The first-order valence-corrected chi connectivity index (χ1v) is 8.03. The van der Waals surface area contributed by atoms with E-state index in [2.05, 4.69) is 11.6 Å². The molecule has 0 fully saturated rings. The normalized spacial score (nSPS) is 11.7. The van der Waals surface area contributed by atoms with Crippen LogP contribution in [0.5, 0.6) is 0 Å². The van der Waals surface area contributed by atoms with E-state index in [-0.39, 0.29) is 23.7 Å². The Bertz CT molecular complexity index is 659. The maximum atomic E-state index is 12.6. The summed E-state index contributed by atoms with van der Waals surface area (Å²) in [5.74, 6) is -0.554. The minimum atomic E-state index is -3.69. The molecular formula is C14H22N2O4S. The number of hydrogen-bond donors (Lipinski definition) is 1. The first kappa shape index (κ1) is 17.5. The van der Waals surface area contributed by atoms with Crippen molar-refractivity contribution in [1.82, 2.24) is 9.29 Å². The first-order chi connectivity index (χ1) is 9.62. The summed E-state index contributed by atoms with van der Waals surface area (Å²) < 4.78 is 31.4. The third kappa shape index (κ3) is 3.54. The Hall–Kier alpha value is -1.60. The van der Waals surface area contributed by atoms with Crippen LogP contribution in [-0.2, 0) is 14.8 Å². The summed E-state index contributed by atoms with van der Waals surface area (Å²) >= 11 is 0. The summed E-state index contributed by atoms with van der Waals surface area (Å²) in [6.45, 7) is 10.8. The van der Waals surface area contributed by atoms with Crippen LogP contribution in [0, 0.1) is 13.8 Å². The van der Waals surface area contributed by atoms with Gasteiger partial charge < -0.3 is 9.72 Å². The van der Waals surface area contributed by atoms with Gasteiger partial charge in [-0.15, -0.1) is 0 Å². The Morgan fingerprint density at radius 3 is 2.43 bits per heavy atom. The van der Waals surface area contributed by atoms with E-state index in [1.807, 2.05) is 0 Å². The predicted octanol–water partition coefficient (Wildman–Crippen LogP) is 2.00. The van der Waals surface area contributed by atoms with Crippen molar-refractivity contribution >= 4 is 16.0 Å². The summed E-state index contributed by atoms with van der Waals surface area (Å²) in [5, 5.41) is 0. The number of esters is 1. The van der Waals surface area contributed by atoms with Crippen molar-refractivity contribution in [3.63, 3.8) is 0 Å². The van der Waals surface area contributed by atoms with Crippen LogP contribution in [0.25, 0.3) is 0 Å². The molecule has 0 atom stereocenters. The molecule has 0 amide bonds. The van der Waals surface area contributed by atoms with Gasteiger partial charge in [-0.05, 0) is 27.7 Å². The monoisotopic (exact) mass is 314 g/mol. The number of likely N-dealkylation sites (N-methyl/N-ethyl adjacent to an activating group) is 1. The van der Waals surface area contributed by atoms with Crippen molar-refractivity contribution < 1.29 is 17.9 Å². The summed E-state index contributed by atoms with van der Waals surface area (Å²) in [7, 11) is -2.20. The number of sulfonamides is 1. The number of carbonyl (C=O) groups is 1. The lowest BCUT2D eigenvalue weighted by Gasteiger charge is -2.17. The quantitative estimate of drug-likeness (QED) is 0.643. The van der Waals surface area contributed by atoms with Crippen LogP contribution in [0.1, 0.15) is 35.6 Å². The smallest absolute Gasteiger partial charge is 0.355 e. The largest absolute Gasteiger partial charge is 0.461 e. The molecule has 0 unspecified atom stereocenters. The van der Waals surface area contributed by atoms with Crippen molar-refractivity contribution in [3.8, 4) is 0 Å². The Kier molecular flexibility index (Phi) is 5.36. The molecule has 1 rings (SSSR count). The average molecular weight is 314 g/mol. The van der Waals surface area contributed by atoms with E-state index in [0.29, 0.717) is 11.3 Å². The second kappa shape index (κ2) is 6.44. The molecule has 0 aliphatic heterocycles. The highest BCUT2D eigenvalue weighted by atomic mass is 32.2. The maximum Gasteiger partial charge on any atom is 0.355 e. The van der Waals surface area contributed by atoms with Crippen LogP contribution < -0.4 is 0 Å². The van der Waals surface area contributed by atoms with Crippen molar-refractivity contribution in [2.45, 2.75) is 32.6 Å². The highest BCUT2D eigenvalue weighted by Crippen LogP contribution is 2.26. The van der Waals surface area contributed by atoms with Gasteiger partial charge in [0.25, 0.3) is 0 Å². The lowest BCUT2D eigenvalue weighted by Crippen LogP contribution is -2.29. The third-order valence-corrected chi connectivity index (χ3v) is 5.09. The van der Waals surface area contributed by atoms with Crippen LogP contribution >= 0.6 is 0 Å². The number of ether oxygens (including phenoxy) is 1. The SMILES string of the molecule is C=C(C)CN(C)S(=O)(=O)c1c(C)[nH]c(C(=O)OCC)c1C. The van der Waals surface area contributed by atoms with Gasteiger partial charge in [0.05, 0.1) is 6.61 Å². The van der Waals surface area contributed by atoms with Crippen molar-refractivity contribution in [3.05, 3.63) is 29.1 Å². The molecule has 6 nitrogen and oxygen atoms in total. The van der Waals surface area contributed by atoms with E-state index < -0.39 is 16.0 Å². The number of aromatic amines is 1. The van der Waals surface area contributed by atoms with Gasteiger partial charge in [-0.2, -0.15) is 4.31 Å². The van der Waals surface area contributed by atoms with E-state index in [9.17, 15) is 13.2 Å². The van der Waals surface area contributed by atoms with Crippen molar-refractivity contribution in [1.29, 1.82) is 0 Å². The molecule has 0 aliphatic carbocycles. The second-order valence-corrected chi connectivity index (χ2v) is 7.00. The zero-order valence-corrected chi connectivity index (χ0v) is 13.9. The molecule has 1 aromatic heterocycles. The van der Waals surface area contributed by atoms with Gasteiger partial charge in [0.2, 0.25) is 10.0 Å². The molecule has 0 spiro atoms. The molecule has 1 aromatic rings. The molecule has 0 radical (unpaired) electrons. The van der Waals surface area contributed by atoms with Gasteiger partial charge in [-0.1, -0.05) is 12.2 Å². The molecule has 1 heterocycles. The molecule has 0 saturated carbocycles. The fourth-order valence-corrected chi connectivity index (χ4v) is 3.78. The zero-order valence-electron chi connectivity index (χ0n) is 13.1. The lowest BCUT2D eigenvalue weighted by atomic mass is 10.2. The second-order valence-electron chi connectivity index (χ2n) is 5.02. The maximum absolute atomic E-state index is 12.6. The van der Waals surface area contributed by atoms with Crippen LogP contribution in [0.4, 0.5) is 0 Å². The number of nitrogens with one attached hydrogen (secondary N) is 1. The Labute approximate surface area is 125 Å². The number of H-pyrrole nitrogens is 1. The third-order valence-electron chi connectivity index (χ3n) is 3.01. The number of nitrogens with zero attached hydrogens (tertiary/aromatic N) is 1. The lowest BCUT2D eigenvalue weighted by molar-refractivity contribution is 0.0519. The van der Waals surface area contributed by atoms with Gasteiger partial charge >= 0.3 is 5.97 Å². The van der Waals surface area contributed by atoms with E-state index in [0.717, 1.165) is 5.57 Å². The molecule has 1 N–H and O–H groups in total. The molecular weight excluding hydrogens is 292 g/mol. The van der Waals surface area contributed by atoms with Crippen LogP contribution in [0.3, 0.4) is 0 Å².